The number of hydrogen-bond acceptors (Lipinski definition) is 20. The predicted octanol–water partition coefficient (Wildman–Crippen LogP) is 0.293. The second-order valence-corrected chi connectivity index (χ2v) is 22.4. The van der Waals surface area contributed by atoms with Crippen molar-refractivity contribution in [3.8, 4) is 11.5 Å². The molecule has 0 radical (unpaired) electrons. The van der Waals surface area contributed by atoms with Gasteiger partial charge in [0.15, 0.2) is 0 Å². The predicted molar refractivity (Wildman–Crippen MR) is 334 cm³/mol. The Bertz CT molecular complexity index is 2750. The van der Waals surface area contributed by atoms with Gasteiger partial charge in [-0.3, -0.25) is 58.1 Å². The highest BCUT2D eigenvalue weighted by Crippen LogP contribution is 2.21. The molecule has 0 unspecified atom stereocenters. The first-order chi connectivity index (χ1) is 45.5. The summed E-state index contributed by atoms with van der Waals surface area (Å²) in [4.78, 5) is 178. The number of hydrogen-bond donors (Lipinski definition) is 18. The lowest BCUT2D eigenvalue weighted by atomic mass is 10.1. The molecule has 0 bridgehead atoms. The van der Waals surface area contributed by atoms with Gasteiger partial charge in [0.05, 0.1) is 24.5 Å². The molecule has 2 rings (SSSR count). The van der Waals surface area contributed by atoms with Gasteiger partial charge >= 0.3 is 59.8 Å². The van der Waals surface area contributed by atoms with E-state index >= 15 is 0 Å². The Labute approximate surface area is 551 Å². The van der Waals surface area contributed by atoms with E-state index in [1.807, 2.05) is 10.6 Å². The topological polar surface area (TPSA) is 570 Å². The Morgan fingerprint density at radius 3 is 0.958 bits per heavy atom. The van der Waals surface area contributed by atoms with Gasteiger partial charge in [0.1, 0.15) is 35.7 Å². The molecule has 18 N–H and O–H groups in total. The van der Waals surface area contributed by atoms with E-state index < -0.39 is 123 Å². The van der Waals surface area contributed by atoms with Gasteiger partial charge in [-0.1, -0.05) is 12.8 Å². The number of aliphatic carboxylic acids is 8. The fourth-order valence-corrected chi connectivity index (χ4v) is 9.26. The number of aromatic nitrogens is 2. The van der Waals surface area contributed by atoms with Crippen molar-refractivity contribution >= 4 is 83.4 Å². The zero-order valence-corrected chi connectivity index (χ0v) is 53.2. The first-order valence-electron chi connectivity index (χ1n) is 31.3. The minimum atomic E-state index is -1.54. The van der Waals surface area contributed by atoms with Crippen LogP contribution in [0.4, 0.5) is 9.59 Å². The molecule has 2 aromatic rings. The summed E-state index contributed by atoms with van der Waals surface area (Å²) >= 11 is 0. The molecular formula is C60H90N12O24. The summed E-state index contributed by atoms with van der Waals surface area (Å²) in [6, 6.07) is -2.23. The summed E-state index contributed by atoms with van der Waals surface area (Å²) < 4.78 is 0. The van der Waals surface area contributed by atoms with Crippen LogP contribution in [0.5, 0.6) is 11.5 Å². The summed E-state index contributed by atoms with van der Waals surface area (Å²) in [6.45, 7) is -0.415. The molecule has 2 heterocycles. The third kappa shape index (κ3) is 38.2. The third-order valence-electron chi connectivity index (χ3n) is 14.4. The molecule has 0 aliphatic rings. The monoisotopic (exact) mass is 1360 g/mol. The number of carboxylic acid groups (broad SMARTS) is 8. The molecule has 0 aliphatic carbocycles. The Morgan fingerprint density at radius 2 is 0.656 bits per heavy atom. The number of carbonyl (C=O) groups is 14. The number of urea groups is 2. The fraction of sp³-hybridized carbons (Fsp3) is 0.600. The van der Waals surface area contributed by atoms with Crippen LogP contribution in [-0.2, 0) is 83.5 Å². The van der Waals surface area contributed by atoms with E-state index in [1.165, 1.54) is 34.1 Å². The zero-order valence-electron chi connectivity index (χ0n) is 53.2. The lowest BCUT2D eigenvalue weighted by Gasteiger charge is -2.26. The second kappa shape index (κ2) is 46.1. The number of nitrogens with one attached hydrogen (secondary N) is 8. The zero-order chi connectivity index (χ0) is 71.5. The number of aryl methyl sites for hydroxylation is 2. The van der Waals surface area contributed by atoms with Crippen molar-refractivity contribution in [1.82, 2.24) is 62.3 Å². The molecule has 36 heteroatoms. The van der Waals surface area contributed by atoms with E-state index in [9.17, 15) is 108 Å². The van der Waals surface area contributed by atoms with Crippen molar-refractivity contribution in [3.63, 3.8) is 0 Å². The van der Waals surface area contributed by atoms with E-state index in [4.69, 9.17) is 10.2 Å². The van der Waals surface area contributed by atoms with E-state index in [0.717, 1.165) is 0 Å². The van der Waals surface area contributed by atoms with Crippen LogP contribution in [-0.4, -0.2) is 231 Å². The number of unbranched alkanes of at least 4 members (excludes halogenated alkanes) is 6. The molecule has 8 amide bonds. The van der Waals surface area contributed by atoms with Gasteiger partial charge in [-0.05, 0) is 114 Å². The van der Waals surface area contributed by atoms with Crippen molar-refractivity contribution in [2.45, 2.75) is 179 Å². The van der Waals surface area contributed by atoms with Crippen LogP contribution in [0.15, 0.2) is 24.3 Å². The lowest BCUT2D eigenvalue weighted by molar-refractivity contribution is -0.142. The first kappa shape index (κ1) is 82.1. The Morgan fingerprint density at radius 1 is 0.354 bits per heavy atom. The maximum Gasteiger partial charge on any atom is 0.326 e. The number of pyridine rings is 2. The minimum absolute atomic E-state index is 0.0213. The Balaban J connectivity index is 1.74. The highest BCUT2D eigenvalue weighted by Gasteiger charge is 2.27. The average Bonchev–Trinajstić information content (AvgIpc) is 0.925. The maximum absolute atomic E-state index is 12.7. The molecule has 0 aromatic carbocycles. The van der Waals surface area contributed by atoms with Crippen molar-refractivity contribution in [2.24, 2.45) is 0 Å². The van der Waals surface area contributed by atoms with Crippen LogP contribution in [0, 0.1) is 0 Å². The highest BCUT2D eigenvalue weighted by molar-refractivity contribution is 5.87. The van der Waals surface area contributed by atoms with Gasteiger partial charge in [-0.25, -0.2) is 28.8 Å². The van der Waals surface area contributed by atoms with Crippen LogP contribution < -0.4 is 42.5 Å². The SMILES string of the molecule is O=C(O)CC[C@H](NC(=O)N[C@@H](CCCCNC(=O)CCCCCNC(=O)CCc1ccc(O)c(CN(CCN(CC(=O)O)Cc2nc(CCC(=O)NCCCCCC(=O)NCCCC[C@H](NC(=O)N[C@@H](CCC(=O)O)C(=O)O)C(=O)O)ccc2O)CC(=O)O)n1)C(=O)O)C(=O)O. The molecular weight excluding hydrogens is 1270 g/mol. The molecule has 0 saturated heterocycles. The standard InChI is InChI=1S/C60H90N12O24/c73-45-21-15-37(17-23-49(77)63-27-7-1-3-13-47(75)61-29-9-5-11-39(55(87)88)67-59(95)69-41(57(91)92)19-25-51(79)80)65-43(45)33-71(35-53(83)84)31-32-72(36-54(85)86)34-44-46(74)22-16-38(66-44)18-24-50(78)64-28-8-2-4-14-48(76)62-30-10-6-12-40(56(89)90)68-60(96)70-42(58(93)94)20-26-52(81)82/h15-16,21-22,39-42,73-74H,1-14,17-20,23-36H2,(H,61,75)(H,62,76)(H,63,77)(H,64,78)(H,79,80)(H,81,82)(H,83,84)(H,85,86)(H,87,88)(H,89,90)(H,91,92)(H,93,94)(H2,67,69,95)(H2,68,70,96)/t39-,40-,41-,42-/m0/s1. The van der Waals surface area contributed by atoms with Crippen LogP contribution in [0.1, 0.15) is 151 Å². The quantitative estimate of drug-likeness (QED) is 0.0396. The molecule has 4 atom stereocenters. The van der Waals surface area contributed by atoms with Crippen LogP contribution in [0.25, 0.3) is 0 Å². The Kier molecular flexibility index (Phi) is 39.5. The molecule has 534 valence electrons. The summed E-state index contributed by atoms with van der Waals surface area (Å²) in [6.07, 6.45) is 3.49. The highest BCUT2D eigenvalue weighted by atomic mass is 16.4. The van der Waals surface area contributed by atoms with Gasteiger partial charge in [-0.2, -0.15) is 0 Å². The first-order valence-corrected chi connectivity index (χ1v) is 31.3. The normalized spacial score (nSPS) is 12.2. The van der Waals surface area contributed by atoms with Crippen LogP contribution in [0.2, 0.25) is 0 Å². The van der Waals surface area contributed by atoms with Gasteiger partial charge in [0.25, 0.3) is 0 Å². The van der Waals surface area contributed by atoms with Gasteiger partial charge in [-0.15, -0.1) is 0 Å². The van der Waals surface area contributed by atoms with Gasteiger partial charge < -0.3 is 93.6 Å². The molecule has 0 aliphatic heterocycles. The molecule has 36 nitrogen and oxygen atoms in total. The van der Waals surface area contributed by atoms with E-state index in [0.29, 0.717) is 75.8 Å². The minimum Gasteiger partial charge on any atom is -0.506 e. The summed E-state index contributed by atoms with van der Waals surface area (Å²) in [5, 5.41) is 115. The number of rotatable bonds is 53. The average molecular weight is 1360 g/mol. The van der Waals surface area contributed by atoms with Crippen molar-refractivity contribution in [2.75, 3.05) is 52.4 Å². The molecule has 2 aromatic heterocycles. The number of aromatic hydroxyl groups is 2. The molecule has 0 spiro atoms. The van der Waals surface area contributed by atoms with Crippen molar-refractivity contribution in [3.05, 3.63) is 47.0 Å². The third-order valence-corrected chi connectivity index (χ3v) is 14.4. The maximum atomic E-state index is 12.7. The number of carbonyl (C=O) groups excluding carboxylic acids is 6. The molecule has 0 fully saturated rings. The van der Waals surface area contributed by atoms with Gasteiger partial charge in [0, 0.05) is 102 Å². The van der Waals surface area contributed by atoms with E-state index in [-0.39, 0.29) is 150 Å². The number of nitrogens with zero attached hydrogens (tertiary/aromatic N) is 4. The lowest BCUT2D eigenvalue weighted by Crippen LogP contribution is -2.51. The van der Waals surface area contributed by atoms with E-state index in [2.05, 4.69) is 41.9 Å². The van der Waals surface area contributed by atoms with Crippen LogP contribution >= 0.6 is 0 Å². The Hall–Kier alpha value is -10.00. The fourth-order valence-electron chi connectivity index (χ4n) is 9.26. The van der Waals surface area contributed by atoms with Crippen molar-refractivity contribution in [1.29, 1.82) is 0 Å². The number of amides is 8. The van der Waals surface area contributed by atoms with Crippen molar-refractivity contribution < 1.29 is 118 Å². The molecule has 96 heavy (non-hydrogen) atoms. The van der Waals surface area contributed by atoms with Gasteiger partial charge in [0.2, 0.25) is 23.6 Å². The largest absolute Gasteiger partial charge is 0.506 e. The van der Waals surface area contributed by atoms with E-state index in [1.54, 1.807) is 0 Å². The molecule has 0 saturated carbocycles. The van der Waals surface area contributed by atoms with Crippen LogP contribution in [0.3, 0.4) is 0 Å². The second-order valence-electron chi connectivity index (χ2n) is 22.4. The smallest absolute Gasteiger partial charge is 0.326 e. The summed E-state index contributed by atoms with van der Waals surface area (Å²) in [5.41, 5.74) is 1.04. The summed E-state index contributed by atoms with van der Waals surface area (Å²) in [7, 11) is 0. The number of carboxylic acids is 8. The summed E-state index contributed by atoms with van der Waals surface area (Å²) in [5.74, 6) is -12.3.